The third kappa shape index (κ3) is 2.25. The van der Waals surface area contributed by atoms with Crippen molar-refractivity contribution >= 4 is 16.8 Å². The number of hydrogen-bond acceptors (Lipinski definition) is 4. The number of benzene rings is 1. The van der Waals surface area contributed by atoms with Crippen LogP contribution in [0.15, 0.2) is 27.4 Å². The second-order valence-electron chi connectivity index (χ2n) is 4.36. The Morgan fingerprint density at radius 1 is 1.50 bits per heavy atom. The summed E-state index contributed by atoms with van der Waals surface area (Å²) < 4.78 is 5.01. The van der Waals surface area contributed by atoms with Crippen molar-refractivity contribution < 1.29 is 9.52 Å². The maximum atomic E-state index is 11.0. The zero-order valence-corrected chi connectivity index (χ0v) is 9.20. The van der Waals surface area contributed by atoms with Gasteiger partial charge >= 0.3 is 5.76 Å². The minimum absolute atomic E-state index is 0.376. The minimum atomic E-state index is -0.821. The molecule has 0 unspecified atom stereocenters. The Balaban J connectivity index is 2.33. The highest BCUT2D eigenvalue weighted by atomic mass is 16.4. The predicted octanol–water partition coefficient (Wildman–Crippen LogP) is 1.30. The molecule has 2 aromatic rings. The van der Waals surface area contributed by atoms with Gasteiger partial charge in [-0.3, -0.25) is 4.98 Å². The molecule has 0 saturated carbocycles. The standard InChI is InChI=1S/C11H14N2O3/c1-11(2,15)6-12-7-4-3-5-8-9(7)16-10(14)13-8/h3-5,12,15H,6H2,1-2H3,(H,13,14). The number of oxazole rings is 1. The Hall–Kier alpha value is -1.75. The molecule has 1 aromatic heterocycles. The molecule has 0 aliphatic rings. The van der Waals surface area contributed by atoms with Crippen molar-refractivity contribution in [3.05, 3.63) is 28.7 Å². The average Bonchev–Trinajstić information content (AvgIpc) is 2.54. The highest BCUT2D eigenvalue weighted by Crippen LogP contribution is 2.21. The second-order valence-corrected chi connectivity index (χ2v) is 4.36. The summed E-state index contributed by atoms with van der Waals surface area (Å²) in [5, 5.41) is 12.6. The van der Waals surface area contributed by atoms with E-state index in [4.69, 9.17) is 4.42 Å². The summed E-state index contributed by atoms with van der Waals surface area (Å²) >= 11 is 0. The monoisotopic (exact) mass is 222 g/mol. The van der Waals surface area contributed by atoms with Gasteiger partial charge in [-0.05, 0) is 26.0 Å². The molecule has 5 heteroatoms. The van der Waals surface area contributed by atoms with Crippen LogP contribution in [-0.4, -0.2) is 22.2 Å². The Bertz CT molecular complexity index is 548. The number of fused-ring (bicyclic) bond motifs is 1. The number of aliphatic hydroxyl groups is 1. The third-order valence-corrected chi connectivity index (χ3v) is 2.16. The molecule has 0 radical (unpaired) electrons. The number of anilines is 1. The number of nitrogens with one attached hydrogen (secondary N) is 2. The molecular weight excluding hydrogens is 208 g/mol. The van der Waals surface area contributed by atoms with Crippen molar-refractivity contribution in [1.82, 2.24) is 4.98 Å². The summed E-state index contributed by atoms with van der Waals surface area (Å²) in [6.45, 7) is 3.78. The van der Waals surface area contributed by atoms with E-state index in [0.717, 1.165) is 0 Å². The topological polar surface area (TPSA) is 78.3 Å². The fraction of sp³-hybridized carbons (Fsp3) is 0.364. The van der Waals surface area contributed by atoms with Gasteiger partial charge < -0.3 is 14.8 Å². The zero-order chi connectivity index (χ0) is 11.8. The average molecular weight is 222 g/mol. The van der Waals surface area contributed by atoms with E-state index in [0.29, 0.717) is 23.3 Å². The van der Waals surface area contributed by atoms with Crippen molar-refractivity contribution in [2.24, 2.45) is 0 Å². The molecule has 0 bridgehead atoms. The highest BCUT2D eigenvalue weighted by Gasteiger charge is 2.13. The number of aromatic nitrogens is 1. The van der Waals surface area contributed by atoms with Crippen LogP contribution >= 0.6 is 0 Å². The lowest BCUT2D eigenvalue weighted by Gasteiger charge is -2.18. The van der Waals surface area contributed by atoms with E-state index < -0.39 is 11.4 Å². The molecular formula is C11H14N2O3. The lowest BCUT2D eigenvalue weighted by atomic mass is 10.1. The van der Waals surface area contributed by atoms with Crippen LogP contribution in [0.5, 0.6) is 0 Å². The first-order valence-corrected chi connectivity index (χ1v) is 5.04. The van der Waals surface area contributed by atoms with Crippen molar-refractivity contribution in [3.8, 4) is 0 Å². The van der Waals surface area contributed by atoms with Crippen LogP contribution in [0.3, 0.4) is 0 Å². The van der Waals surface area contributed by atoms with Gasteiger partial charge in [-0.1, -0.05) is 6.07 Å². The van der Waals surface area contributed by atoms with Gasteiger partial charge in [-0.25, -0.2) is 4.79 Å². The minimum Gasteiger partial charge on any atom is -0.406 e. The number of hydrogen-bond donors (Lipinski definition) is 3. The SMILES string of the molecule is CC(C)(O)CNc1cccc2[nH]c(=O)oc12. The van der Waals surface area contributed by atoms with Gasteiger partial charge in [0.05, 0.1) is 16.8 Å². The molecule has 86 valence electrons. The first kappa shape index (κ1) is 10.8. The first-order valence-electron chi connectivity index (χ1n) is 5.04. The Morgan fingerprint density at radius 2 is 2.25 bits per heavy atom. The first-order chi connectivity index (χ1) is 7.46. The number of rotatable bonds is 3. The van der Waals surface area contributed by atoms with E-state index in [9.17, 15) is 9.90 Å². The molecule has 0 atom stereocenters. The lowest BCUT2D eigenvalue weighted by molar-refractivity contribution is 0.0945. The molecule has 1 heterocycles. The van der Waals surface area contributed by atoms with Gasteiger partial charge in [0.2, 0.25) is 0 Å². The molecule has 0 aliphatic heterocycles. The van der Waals surface area contributed by atoms with Crippen LogP contribution in [0.25, 0.3) is 11.1 Å². The molecule has 5 nitrogen and oxygen atoms in total. The Morgan fingerprint density at radius 3 is 2.94 bits per heavy atom. The van der Waals surface area contributed by atoms with Gasteiger partial charge in [0.1, 0.15) is 0 Å². The summed E-state index contributed by atoms with van der Waals surface area (Å²) in [6.07, 6.45) is 0. The molecule has 0 fully saturated rings. The normalized spacial score (nSPS) is 11.9. The predicted molar refractivity (Wildman–Crippen MR) is 61.6 cm³/mol. The van der Waals surface area contributed by atoms with Gasteiger partial charge in [0.25, 0.3) is 0 Å². The smallest absolute Gasteiger partial charge is 0.406 e. The van der Waals surface area contributed by atoms with Crippen LogP contribution in [0.4, 0.5) is 5.69 Å². The van der Waals surface area contributed by atoms with E-state index in [1.165, 1.54) is 0 Å². The van der Waals surface area contributed by atoms with Crippen LogP contribution in [0.2, 0.25) is 0 Å². The van der Waals surface area contributed by atoms with Crippen molar-refractivity contribution in [3.63, 3.8) is 0 Å². The van der Waals surface area contributed by atoms with Crippen molar-refractivity contribution in [1.29, 1.82) is 0 Å². The fourth-order valence-electron chi connectivity index (χ4n) is 1.42. The van der Waals surface area contributed by atoms with E-state index in [1.54, 1.807) is 32.0 Å². The number of aromatic amines is 1. The van der Waals surface area contributed by atoms with Crippen molar-refractivity contribution in [2.75, 3.05) is 11.9 Å². The molecule has 0 spiro atoms. The maximum Gasteiger partial charge on any atom is 0.417 e. The fourth-order valence-corrected chi connectivity index (χ4v) is 1.42. The maximum absolute atomic E-state index is 11.0. The van der Waals surface area contributed by atoms with Crippen LogP contribution < -0.4 is 11.1 Å². The van der Waals surface area contributed by atoms with E-state index >= 15 is 0 Å². The Labute approximate surface area is 92.1 Å². The summed E-state index contributed by atoms with van der Waals surface area (Å²) in [7, 11) is 0. The van der Waals surface area contributed by atoms with Crippen molar-refractivity contribution in [2.45, 2.75) is 19.4 Å². The zero-order valence-electron chi connectivity index (χ0n) is 9.20. The molecule has 0 amide bonds. The molecule has 16 heavy (non-hydrogen) atoms. The summed E-state index contributed by atoms with van der Waals surface area (Å²) in [6, 6.07) is 5.36. The number of H-pyrrole nitrogens is 1. The molecule has 2 rings (SSSR count). The molecule has 0 saturated heterocycles. The summed E-state index contributed by atoms with van der Waals surface area (Å²) in [5.41, 5.74) is 0.999. The highest BCUT2D eigenvalue weighted by molar-refractivity contribution is 5.85. The molecule has 0 aliphatic carbocycles. The van der Waals surface area contributed by atoms with Gasteiger partial charge in [0.15, 0.2) is 5.58 Å². The largest absolute Gasteiger partial charge is 0.417 e. The van der Waals surface area contributed by atoms with E-state index in [-0.39, 0.29) is 0 Å². The van der Waals surface area contributed by atoms with E-state index in [2.05, 4.69) is 10.3 Å². The molecule has 1 aromatic carbocycles. The molecule has 3 N–H and O–H groups in total. The lowest BCUT2D eigenvalue weighted by Crippen LogP contribution is -2.29. The van der Waals surface area contributed by atoms with E-state index in [1.807, 2.05) is 0 Å². The third-order valence-electron chi connectivity index (χ3n) is 2.16. The van der Waals surface area contributed by atoms with Crippen LogP contribution in [0.1, 0.15) is 13.8 Å². The second kappa shape index (κ2) is 3.68. The Kier molecular flexibility index (Phi) is 2.47. The van der Waals surface area contributed by atoms with Crippen LogP contribution in [0, 0.1) is 0 Å². The number of para-hydroxylation sites is 1. The quantitative estimate of drug-likeness (QED) is 0.731. The van der Waals surface area contributed by atoms with Crippen LogP contribution in [-0.2, 0) is 0 Å². The summed E-state index contributed by atoms with van der Waals surface area (Å²) in [4.78, 5) is 13.6. The van der Waals surface area contributed by atoms with Gasteiger partial charge in [-0.15, -0.1) is 0 Å². The van der Waals surface area contributed by atoms with Gasteiger partial charge in [0, 0.05) is 6.54 Å². The summed E-state index contributed by atoms with van der Waals surface area (Å²) in [5.74, 6) is -0.479. The van der Waals surface area contributed by atoms with Gasteiger partial charge in [-0.2, -0.15) is 0 Å².